The predicted molar refractivity (Wildman–Crippen MR) is 179 cm³/mol. The van der Waals surface area contributed by atoms with Gasteiger partial charge in [0, 0.05) is 24.0 Å². The van der Waals surface area contributed by atoms with Gasteiger partial charge in [0.1, 0.15) is 12.6 Å². The summed E-state index contributed by atoms with van der Waals surface area (Å²) in [6.45, 7) is 3.26. The molecule has 0 aliphatic rings. The first kappa shape index (κ1) is 35.7. The highest BCUT2D eigenvalue weighted by Gasteiger charge is 2.36. The number of benzene rings is 4. The monoisotopic (exact) mass is 729 g/mol. The lowest BCUT2D eigenvalue weighted by Gasteiger charge is -2.34. The van der Waals surface area contributed by atoms with E-state index in [4.69, 9.17) is 0 Å². The van der Waals surface area contributed by atoms with Crippen LogP contribution < -0.4 is 9.62 Å². The lowest BCUT2D eigenvalue weighted by Crippen LogP contribution is -2.53. The summed E-state index contributed by atoms with van der Waals surface area (Å²) in [5.74, 6) is -1.10. The van der Waals surface area contributed by atoms with Crippen LogP contribution in [0.3, 0.4) is 0 Å². The normalized spacial score (nSPS) is 12.4. The molecule has 0 saturated heterocycles. The van der Waals surface area contributed by atoms with Crippen molar-refractivity contribution in [3.8, 4) is 0 Å². The van der Waals surface area contributed by atoms with E-state index in [0.29, 0.717) is 22.5 Å². The molecule has 0 aliphatic carbocycles. The van der Waals surface area contributed by atoms with Gasteiger partial charge in [-0.05, 0) is 59.5 Å². The average Bonchev–Trinajstić information content (AvgIpc) is 3.05. The summed E-state index contributed by atoms with van der Waals surface area (Å²) in [4.78, 5) is 29.3. The van der Waals surface area contributed by atoms with Crippen LogP contribution in [0.5, 0.6) is 0 Å². The van der Waals surface area contributed by atoms with E-state index in [2.05, 4.69) is 21.2 Å². The van der Waals surface area contributed by atoms with E-state index in [9.17, 15) is 31.2 Å². The van der Waals surface area contributed by atoms with Gasteiger partial charge in [-0.15, -0.1) is 0 Å². The first-order chi connectivity index (χ1) is 22.3. The predicted octanol–water partition coefficient (Wildman–Crippen LogP) is 7.08. The van der Waals surface area contributed by atoms with Crippen LogP contribution in [0.4, 0.5) is 18.9 Å². The number of carbonyl (C=O) groups excluding carboxylic acids is 2. The minimum Gasteiger partial charge on any atom is -0.354 e. The quantitative estimate of drug-likeness (QED) is 0.160. The van der Waals surface area contributed by atoms with Crippen molar-refractivity contribution in [1.29, 1.82) is 0 Å². The Kier molecular flexibility index (Phi) is 11.9. The Bertz CT molecular complexity index is 1750. The molecule has 0 saturated carbocycles. The second kappa shape index (κ2) is 15.6. The summed E-state index contributed by atoms with van der Waals surface area (Å²) in [7, 11) is -4.54. The lowest BCUT2D eigenvalue weighted by molar-refractivity contribution is -0.140. The summed E-state index contributed by atoms with van der Waals surface area (Å²) in [6, 6.07) is 26.1. The molecule has 0 fully saturated rings. The van der Waals surface area contributed by atoms with Gasteiger partial charge in [0.05, 0.1) is 16.1 Å². The minimum absolute atomic E-state index is 0.0689. The van der Waals surface area contributed by atoms with E-state index in [1.54, 1.807) is 42.5 Å². The Morgan fingerprint density at radius 2 is 1.45 bits per heavy atom. The zero-order valence-corrected chi connectivity index (χ0v) is 28.2. The van der Waals surface area contributed by atoms with Gasteiger partial charge in [-0.3, -0.25) is 13.9 Å². The number of alkyl halides is 3. The molecule has 0 bridgehead atoms. The Balaban J connectivity index is 1.83. The second-order valence-electron chi connectivity index (χ2n) is 11.4. The van der Waals surface area contributed by atoms with Gasteiger partial charge in [0.15, 0.2) is 0 Å². The number of carbonyl (C=O) groups is 2. The van der Waals surface area contributed by atoms with Crippen LogP contribution in [0.25, 0.3) is 0 Å². The number of amides is 2. The van der Waals surface area contributed by atoms with E-state index in [1.807, 2.05) is 32.0 Å². The third-order valence-corrected chi connectivity index (χ3v) is 9.61. The van der Waals surface area contributed by atoms with Crippen LogP contribution in [0.2, 0.25) is 0 Å². The summed E-state index contributed by atoms with van der Waals surface area (Å²) >= 11 is 3.40. The largest absolute Gasteiger partial charge is 0.416 e. The first-order valence-corrected chi connectivity index (χ1v) is 17.1. The number of hydrogen-bond donors (Lipinski definition) is 1. The average molecular weight is 731 g/mol. The molecule has 7 nitrogen and oxygen atoms in total. The Morgan fingerprint density at radius 3 is 2.04 bits per heavy atom. The van der Waals surface area contributed by atoms with Crippen LogP contribution in [0.1, 0.15) is 30.5 Å². The number of anilines is 1. The second-order valence-corrected chi connectivity index (χ2v) is 14.1. The molecule has 1 atom stereocenters. The van der Waals surface area contributed by atoms with Crippen LogP contribution >= 0.6 is 15.9 Å². The maximum absolute atomic E-state index is 14.4. The molecular formula is C35H35BrF3N3O4S. The molecule has 47 heavy (non-hydrogen) atoms. The molecule has 12 heteroatoms. The van der Waals surface area contributed by atoms with Crippen molar-refractivity contribution in [3.63, 3.8) is 0 Å². The topological polar surface area (TPSA) is 86.8 Å². The molecule has 0 unspecified atom stereocenters. The molecule has 4 rings (SSSR count). The molecule has 248 valence electrons. The van der Waals surface area contributed by atoms with E-state index in [1.165, 1.54) is 35.2 Å². The number of halogens is 4. The number of rotatable bonds is 13. The van der Waals surface area contributed by atoms with E-state index >= 15 is 0 Å². The SMILES string of the molecule is CC(C)CNC(=O)[C@@H](Cc1ccccc1)N(Cc1ccc(Br)cc1)C(=O)CN(c1cccc(C(F)(F)F)c1)S(=O)(=O)c1ccccc1. The highest BCUT2D eigenvalue weighted by atomic mass is 79.9. The molecule has 0 heterocycles. The molecule has 4 aromatic carbocycles. The molecule has 0 radical (unpaired) electrons. The van der Waals surface area contributed by atoms with Crippen LogP contribution in [0, 0.1) is 5.92 Å². The Morgan fingerprint density at radius 1 is 0.830 bits per heavy atom. The van der Waals surface area contributed by atoms with Crippen LogP contribution in [-0.2, 0) is 38.8 Å². The van der Waals surface area contributed by atoms with Crippen molar-refractivity contribution < 1.29 is 31.2 Å². The fraction of sp³-hybridized carbons (Fsp3) is 0.257. The third-order valence-electron chi connectivity index (χ3n) is 7.29. The van der Waals surface area contributed by atoms with E-state index < -0.39 is 46.2 Å². The van der Waals surface area contributed by atoms with Crippen molar-refractivity contribution in [1.82, 2.24) is 10.2 Å². The maximum Gasteiger partial charge on any atom is 0.416 e. The molecular weight excluding hydrogens is 695 g/mol. The van der Waals surface area contributed by atoms with E-state index in [-0.39, 0.29) is 29.5 Å². The summed E-state index contributed by atoms with van der Waals surface area (Å²) in [5, 5.41) is 2.90. The zero-order chi connectivity index (χ0) is 34.2. The van der Waals surface area contributed by atoms with E-state index in [0.717, 1.165) is 22.2 Å². The maximum atomic E-state index is 14.4. The summed E-state index contributed by atoms with van der Waals surface area (Å²) in [6.07, 6.45) is -4.65. The molecule has 2 amide bonds. The number of sulfonamides is 1. The van der Waals surface area contributed by atoms with Gasteiger partial charge in [-0.2, -0.15) is 13.2 Å². The summed E-state index contributed by atoms with van der Waals surface area (Å²) in [5.41, 5.74) is 0.00665. The van der Waals surface area contributed by atoms with Gasteiger partial charge < -0.3 is 10.2 Å². The van der Waals surface area contributed by atoms with Gasteiger partial charge in [0.2, 0.25) is 11.8 Å². The van der Waals surface area contributed by atoms with Crippen molar-refractivity contribution in [3.05, 3.63) is 130 Å². The van der Waals surface area contributed by atoms with Gasteiger partial charge >= 0.3 is 6.18 Å². The molecule has 4 aromatic rings. The molecule has 0 spiro atoms. The van der Waals surface area contributed by atoms with Crippen molar-refractivity contribution in [2.75, 3.05) is 17.4 Å². The smallest absolute Gasteiger partial charge is 0.354 e. The Hall–Kier alpha value is -4.16. The van der Waals surface area contributed by atoms with Crippen molar-refractivity contribution >= 4 is 43.5 Å². The number of nitrogens with one attached hydrogen (secondary N) is 1. The molecule has 0 aromatic heterocycles. The zero-order valence-electron chi connectivity index (χ0n) is 25.8. The standard InChI is InChI=1S/C35H35BrF3N3O4S/c1-25(2)22-40-34(44)32(20-26-10-5-3-6-11-26)41(23-27-16-18-29(36)19-17-27)33(43)24-42(47(45,46)31-14-7-4-8-15-31)30-13-9-12-28(21-30)35(37,38)39/h3-19,21,25,32H,20,22-24H2,1-2H3,(H,40,44)/t32-/m1/s1. The fourth-order valence-electron chi connectivity index (χ4n) is 4.85. The lowest BCUT2D eigenvalue weighted by atomic mass is 10.0. The van der Waals surface area contributed by atoms with Gasteiger partial charge in [0.25, 0.3) is 10.0 Å². The first-order valence-electron chi connectivity index (χ1n) is 14.9. The van der Waals surface area contributed by atoms with Crippen LogP contribution in [0.15, 0.2) is 119 Å². The fourth-order valence-corrected chi connectivity index (χ4v) is 6.54. The summed E-state index contributed by atoms with van der Waals surface area (Å²) < 4.78 is 70.7. The van der Waals surface area contributed by atoms with Gasteiger partial charge in [-0.1, -0.05) is 96.5 Å². The minimum atomic E-state index is -4.76. The highest BCUT2D eigenvalue weighted by molar-refractivity contribution is 9.10. The highest BCUT2D eigenvalue weighted by Crippen LogP contribution is 2.33. The number of hydrogen-bond acceptors (Lipinski definition) is 4. The Labute approximate surface area is 281 Å². The molecule has 0 aliphatic heterocycles. The van der Waals surface area contributed by atoms with Crippen LogP contribution in [-0.4, -0.2) is 44.3 Å². The third kappa shape index (κ3) is 9.68. The van der Waals surface area contributed by atoms with Gasteiger partial charge in [-0.25, -0.2) is 8.42 Å². The van der Waals surface area contributed by atoms with Crippen molar-refractivity contribution in [2.24, 2.45) is 5.92 Å². The van der Waals surface area contributed by atoms with Crippen molar-refractivity contribution in [2.45, 2.75) is 43.9 Å². The molecule has 1 N–H and O–H groups in total. The number of nitrogens with zero attached hydrogens (tertiary/aromatic N) is 2.